The lowest BCUT2D eigenvalue weighted by molar-refractivity contribution is 0.251. The number of rotatable bonds is 5. The summed E-state index contributed by atoms with van der Waals surface area (Å²) in [5.41, 5.74) is 0. The molecule has 1 nitrogen and oxygen atoms in total. The quantitative estimate of drug-likeness (QED) is 0.607. The SMILES string of the molecule is S=S(=S)(OC1CCCC1)SSSS. The second kappa shape index (κ2) is 6.67. The highest BCUT2D eigenvalue weighted by Crippen LogP contribution is 2.42. The van der Waals surface area contributed by atoms with Gasteiger partial charge in [0, 0.05) is 19.7 Å². The van der Waals surface area contributed by atoms with Crippen LogP contribution in [-0.4, -0.2) is 6.10 Å². The number of hydrogen-bond donors (Lipinski definition) is 1. The maximum absolute atomic E-state index is 5.71. The third-order valence-electron chi connectivity index (χ3n) is 1.70. The van der Waals surface area contributed by atoms with Crippen molar-refractivity contribution in [2.24, 2.45) is 0 Å². The smallest absolute Gasteiger partial charge is 0.0823 e. The van der Waals surface area contributed by atoms with Crippen molar-refractivity contribution < 1.29 is 4.18 Å². The largest absolute Gasteiger partial charge is 0.298 e. The first-order valence-electron chi connectivity index (χ1n) is 3.73. The van der Waals surface area contributed by atoms with Gasteiger partial charge in [0.1, 0.15) is 0 Å². The van der Waals surface area contributed by atoms with Gasteiger partial charge in [-0.1, -0.05) is 24.5 Å². The summed E-state index contributed by atoms with van der Waals surface area (Å²) in [6, 6.07) is 0. The normalized spacial score (nSPS) is 19.5. The zero-order valence-electron chi connectivity index (χ0n) is 6.71. The number of thiol groups is 1. The summed E-state index contributed by atoms with van der Waals surface area (Å²) >= 11 is 14.4. The molecule has 0 bridgehead atoms. The van der Waals surface area contributed by atoms with Crippen molar-refractivity contribution in [3.05, 3.63) is 0 Å². The molecule has 0 aromatic carbocycles. The molecule has 0 aromatic rings. The Morgan fingerprint density at radius 2 is 1.92 bits per heavy atom. The van der Waals surface area contributed by atoms with E-state index in [0.717, 1.165) is 12.8 Å². The predicted molar refractivity (Wildman–Crippen MR) is 77.2 cm³/mol. The Morgan fingerprint density at radius 3 is 2.46 bits per heavy atom. The van der Waals surface area contributed by atoms with E-state index in [4.69, 9.17) is 26.6 Å². The lowest BCUT2D eigenvalue weighted by Crippen LogP contribution is -2.09. The Labute approximate surface area is 105 Å². The van der Waals surface area contributed by atoms with Crippen LogP contribution in [0.4, 0.5) is 0 Å². The van der Waals surface area contributed by atoms with Crippen molar-refractivity contribution in [3.63, 3.8) is 0 Å². The van der Waals surface area contributed by atoms with Crippen molar-refractivity contribution >= 4 is 70.0 Å². The number of hydrogen-bond acceptors (Lipinski definition) is 7. The van der Waals surface area contributed by atoms with Gasteiger partial charge in [-0.25, -0.2) is 0 Å². The van der Waals surface area contributed by atoms with Gasteiger partial charge in [0.05, 0.1) is 12.6 Å². The van der Waals surface area contributed by atoms with Crippen LogP contribution in [0.3, 0.4) is 0 Å². The maximum atomic E-state index is 5.71. The molecule has 0 saturated heterocycles. The summed E-state index contributed by atoms with van der Waals surface area (Å²) < 4.78 is 5.71. The summed E-state index contributed by atoms with van der Waals surface area (Å²) in [5, 5.41) is 0. The third kappa shape index (κ3) is 5.70. The Kier molecular flexibility index (Phi) is 6.78. The van der Waals surface area contributed by atoms with E-state index < -0.39 is 6.46 Å². The van der Waals surface area contributed by atoms with E-state index in [1.165, 1.54) is 42.3 Å². The average molecular weight is 311 g/mol. The van der Waals surface area contributed by atoms with Crippen LogP contribution in [0.25, 0.3) is 0 Å². The lowest BCUT2D eigenvalue weighted by Gasteiger charge is -2.14. The first-order chi connectivity index (χ1) is 6.14. The van der Waals surface area contributed by atoms with Crippen molar-refractivity contribution in [1.82, 2.24) is 0 Å². The van der Waals surface area contributed by atoms with Crippen molar-refractivity contribution in [3.8, 4) is 0 Å². The van der Waals surface area contributed by atoms with Gasteiger partial charge in [0.2, 0.25) is 0 Å². The van der Waals surface area contributed by atoms with Crippen molar-refractivity contribution in [2.75, 3.05) is 0 Å². The molecule has 78 valence electrons. The zero-order valence-corrected chi connectivity index (χ0v) is 12.5. The standard InChI is InChI=1S/C5H10OS7/c7-10-11-12-13(8,9)6-5-3-1-2-4-5/h5,7H,1-4H2. The third-order valence-corrected chi connectivity index (χ3v) is 12.7. The second-order valence-corrected chi connectivity index (χ2v) is 15.2. The summed E-state index contributed by atoms with van der Waals surface area (Å²) in [6.07, 6.45) is 5.08. The maximum Gasteiger partial charge on any atom is 0.0823 e. The van der Waals surface area contributed by atoms with Crippen LogP contribution in [0.2, 0.25) is 0 Å². The van der Waals surface area contributed by atoms with Gasteiger partial charge >= 0.3 is 0 Å². The molecule has 0 aliphatic heterocycles. The minimum atomic E-state index is -1.75. The van der Waals surface area contributed by atoms with E-state index in [0.29, 0.717) is 6.10 Å². The van der Waals surface area contributed by atoms with Crippen LogP contribution in [0, 0.1) is 0 Å². The highest BCUT2D eigenvalue weighted by atomic mass is 33.9. The fraction of sp³-hybridized carbons (Fsp3) is 1.00. The molecule has 8 heteroatoms. The molecule has 0 atom stereocenters. The molecule has 1 aliphatic carbocycles. The molecule has 0 heterocycles. The first kappa shape index (κ1) is 13.2. The zero-order chi connectivity index (χ0) is 9.73. The van der Waals surface area contributed by atoms with E-state index in [-0.39, 0.29) is 0 Å². The van der Waals surface area contributed by atoms with Crippen LogP contribution in [-0.2, 0) is 33.0 Å². The molecule has 0 aromatic heterocycles. The molecule has 0 N–H and O–H groups in total. The van der Waals surface area contributed by atoms with E-state index >= 15 is 0 Å². The van der Waals surface area contributed by atoms with Gasteiger partial charge < -0.3 is 0 Å². The molecule has 0 spiro atoms. The topological polar surface area (TPSA) is 9.23 Å². The molecule has 1 fully saturated rings. The molecule has 0 unspecified atom stereocenters. The minimum absolute atomic E-state index is 0.322. The first-order valence-corrected chi connectivity index (χ1v) is 12.2. The molecule has 1 saturated carbocycles. The van der Waals surface area contributed by atoms with Gasteiger partial charge in [-0.15, -0.1) is 0 Å². The summed E-state index contributed by atoms with van der Waals surface area (Å²) in [4.78, 5) is 0. The van der Waals surface area contributed by atoms with Crippen molar-refractivity contribution in [1.29, 1.82) is 0 Å². The molecule has 0 amide bonds. The highest BCUT2D eigenvalue weighted by molar-refractivity contribution is 9.37. The van der Waals surface area contributed by atoms with Crippen molar-refractivity contribution in [2.45, 2.75) is 31.8 Å². The van der Waals surface area contributed by atoms with Gasteiger partial charge in [-0.2, -0.15) is 0 Å². The fourth-order valence-electron chi connectivity index (χ4n) is 1.21. The summed E-state index contributed by atoms with van der Waals surface area (Å²) in [7, 11) is 4.33. The van der Waals surface area contributed by atoms with E-state index in [1.54, 1.807) is 0 Å². The average Bonchev–Trinajstić information content (AvgIpc) is 2.52. The Balaban J connectivity index is 2.32. The molecule has 0 radical (unpaired) electrons. The summed E-state index contributed by atoms with van der Waals surface area (Å²) in [5.74, 6) is 0. The van der Waals surface area contributed by atoms with Crippen LogP contribution in [0.1, 0.15) is 25.7 Å². The monoisotopic (exact) mass is 310 g/mol. The molecule has 1 rings (SSSR count). The highest BCUT2D eigenvalue weighted by Gasteiger charge is 2.19. The Bertz CT molecular complexity index is 229. The van der Waals surface area contributed by atoms with Crippen LogP contribution in [0.5, 0.6) is 0 Å². The van der Waals surface area contributed by atoms with E-state index in [2.05, 4.69) is 11.7 Å². The van der Waals surface area contributed by atoms with Crippen LogP contribution >= 0.6 is 41.1 Å². The Hall–Kier alpha value is 2.15. The van der Waals surface area contributed by atoms with Crippen LogP contribution in [0.15, 0.2) is 0 Å². The van der Waals surface area contributed by atoms with Gasteiger partial charge in [0.25, 0.3) is 0 Å². The van der Waals surface area contributed by atoms with Gasteiger partial charge in [-0.05, 0) is 45.0 Å². The summed E-state index contributed by atoms with van der Waals surface area (Å²) in [6.45, 7) is -1.75. The Morgan fingerprint density at radius 1 is 1.31 bits per heavy atom. The van der Waals surface area contributed by atoms with Gasteiger partial charge in [0.15, 0.2) is 0 Å². The fourth-order valence-corrected chi connectivity index (χ4v) is 12.6. The second-order valence-electron chi connectivity index (χ2n) is 2.62. The molecule has 13 heavy (non-hydrogen) atoms. The van der Waals surface area contributed by atoms with E-state index in [9.17, 15) is 0 Å². The predicted octanol–water partition coefficient (Wildman–Crippen LogP) is 3.73. The van der Waals surface area contributed by atoms with E-state index in [1.807, 2.05) is 0 Å². The minimum Gasteiger partial charge on any atom is -0.298 e. The van der Waals surface area contributed by atoms with Gasteiger partial charge in [-0.3, -0.25) is 4.18 Å². The molecular formula is C5H10OS7. The van der Waals surface area contributed by atoms with Crippen LogP contribution < -0.4 is 0 Å². The molecular weight excluding hydrogens is 301 g/mol. The lowest BCUT2D eigenvalue weighted by atomic mass is 10.3. The molecule has 1 aliphatic rings.